The molecule has 1 amide bonds. The molecule has 0 unspecified atom stereocenters. The highest BCUT2D eigenvalue weighted by atomic mass is 35.5. The number of carbonyl (C=O) groups is 1. The molecular formula is C18H14ClN3OS. The first-order chi connectivity index (χ1) is 11.7. The maximum atomic E-state index is 12.2. The Labute approximate surface area is 149 Å². The molecule has 0 aliphatic heterocycles. The first kappa shape index (κ1) is 16.5. The van der Waals surface area contributed by atoms with Crippen LogP contribution >= 0.6 is 23.4 Å². The molecule has 0 radical (unpaired) electrons. The zero-order chi connectivity index (χ0) is 16.8. The molecule has 0 bridgehead atoms. The second-order valence-electron chi connectivity index (χ2n) is 5.00. The molecule has 120 valence electrons. The standard InChI is InChI=1S/C18H14ClN3OS/c19-17-10-14(7-9-21-17)18(23)22-15-3-5-16(6-4-15)24-12-13-2-1-8-20-11-13/h1-11H,12H2,(H,22,23). The van der Waals surface area contributed by atoms with Gasteiger partial charge in [-0.15, -0.1) is 11.8 Å². The molecule has 0 aliphatic carbocycles. The maximum Gasteiger partial charge on any atom is 0.255 e. The van der Waals surface area contributed by atoms with E-state index in [1.807, 2.05) is 36.5 Å². The molecule has 0 fully saturated rings. The van der Waals surface area contributed by atoms with Crippen LogP contribution in [0.2, 0.25) is 5.15 Å². The van der Waals surface area contributed by atoms with Gasteiger partial charge in [0.2, 0.25) is 0 Å². The lowest BCUT2D eigenvalue weighted by Crippen LogP contribution is -2.11. The van der Waals surface area contributed by atoms with Crippen molar-refractivity contribution in [2.24, 2.45) is 0 Å². The van der Waals surface area contributed by atoms with Crippen molar-refractivity contribution < 1.29 is 4.79 Å². The van der Waals surface area contributed by atoms with E-state index in [-0.39, 0.29) is 5.91 Å². The maximum absolute atomic E-state index is 12.2. The topological polar surface area (TPSA) is 54.9 Å². The van der Waals surface area contributed by atoms with Gasteiger partial charge in [0.1, 0.15) is 5.15 Å². The fourth-order valence-electron chi connectivity index (χ4n) is 2.03. The van der Waals surface area contributed by atoms with Gasteiger partial charge in [-0.05, 0) is 48.0 Å². The molecule has 0 saturated heterocycles. The Kier molecular flexibility index (Phi) is 5.46. The van der Waals surface area contributed by atoms with Gasteiger partial charge in [0, 0.05) is 40.5 Å². The Morgan fingerprint density at radius 3 is 2.67 bits per heavy atom. The molecule has 4 nitrogen and oxygen atoms in total. The SMILES string of the molecule is O=C(Nc1ccc(SCc2cccnc2)cc1)c1ccnc(Cl)c1. The van der Waals surface area contributed by atoms with E-state index in [2.05, 4.69) is 21.4 Å². The predicted octanol–water partition coefficient (Wildman–Crippen LogP) is 4.67. The minimum Gasteiger partial charge on any atom is -0.322 e. The highest BCUT2D eigenvalue weighted by Gasteiger charge is 2.07. The van der Waals surface area contributed by atoms with Crippen LogP contribution in [-0.4, -0.2) is 15.9 Å². The van der Waals surface area contributed by atoms with Crippen molar-refractivity contribution in [2.45, 2.75) is 10.6 Å². The fraction of sp³-hybridized carbons (Fsp3) is 0.0556. The Balaban J connectivity index is 1.59. The Hall–Kier alpha value is -2.37. The summed E-state index contributed by atoms with van der Waals surface area (Å²) in [6.45, 7) is 0. The van der Waals surface area contributed by atoms with Gasteiger partial charge >= 0.3 is 0 Å². The number of nitrogens with one attached hydrogen (secondary N) is 1. The monoisotopic (exact) mass is 355 g/mol. The minimum atomic E-state index is -0.213. The van der Waals surface area contributed by atoms with Gasteiger partial charge in [0.25, 0.3) is 5.91 Å². The van der Waals surface area contributed by atoms with Crippen molar-refractivity contribution in [3.05, 3.63) is 83.4 Å². The summed E-state index contributed by atoms with van der Waals surface area (Å²) in [7, 11) is 0. The van der Waals surface area contributed by atoms with Crippen LogP contribution in [0.15, 0.2) is 72.0 Å². The van der Waals surface area contributed by atoms with Gasteiger partial charge < -0.3 is 5.32 Å². The quantitative estimate of drug-likeness (QED) is 0.533. The Bertz CT molecular complexity index is 825. The van der Waals surface area contributed by atoms with Crippen molar-refractivity contribution in [1.29, 1.82) is 0 Å². The number of halogens is 1. The molecule has 1 aromatic carbocycles. The highest BCUT2D eigenvalue weighted by molar-refractivity contribution is 7.98. The van der Waals surface area contributed by atoms with E-state index in [0.717, 1.165) is 16.3 Å². The van der Waals surface area contributed by atoms with Crippen LogP contribution in [0, 0.1) is 0 Å². The van der Waals surface area contributed by atoms with Crippen LogP contribution in [-0.2, 0) is 5.75 Å². The first-order valence-corrected chi connectivity index (χ1v) is 8.62. The summed E-state index contributed by atoms with van der Waals surface area (Å²) in [5.41, 5.74) is 2.39. The van der Waals surface area contributed by atoms with Gasteiger partial charge in [0.15, 0.2) is 0 Å². The van der Waals surface area contributed by atoms with Crippen molar-refractivity contribution in [2.75, 3.05) is 5.32 Å². The second-order valence-corrected chi connectivity index (χ2v) is 6.43. The minimum absolute atomic E-state index is 0.213. The van der Waals surface area contributed by atoms with Gasteiger partial charge in [-0.3, -0.25) is 9.78 Å². The number of rotatable bonds is 5. The van der Waals surface area contributed by atoms with E-state index in [4.69, 9.17) is 11.6 Å². The number of benzene rings is 1. The number of hydrogen-bond donors (Lipinski definition) is 1. The normalized spacial score (nSPS) is 10.4. The van der Waals surface area contributed by atoms with Crippen molar-refractivity contribution in [3.63, 3.8) is 0 Å². The lowest BCUT2D eigenvalue weighted by Gasteiger charge is -2.07. The third-order valence-corrected chi connectivity index (χ3v) is 4.52. The fourth-order valence-corrected chi connectivity index (χ4v) is 3.04. The van der Waals surface area contributed by atoms with E-state index >= 15 is 0 Å². The van der Waals surface area contributed by atoms with Gasteiger partial charge in [-0.2, -0.15) is 0 Å². The number of amides is 1. The molecule has 2 aromatic heterocycles. The van der Waals surface area contributed by atoms with Crippen LogP contribution in [0.1, 0.15) is 15.9 Å². The second kappa shape index (κ2) is 7.95. The van der Waals surface area contributed by atoms with Crippen LogP contribution in [0.3, 0.4) is 0 Å². The van der Waals surface area contributed by atoms with Crippen LogP contribution in [0.25, 0.3) is 0 Å². The summed E-state index contributed by atoms with van der Waals surface area (Å²) < 4.78 is 0. The van der Waals surface area contributed by atoms with Gasteiger partial charge in [-0.1, -0.05) is 17.7 Å². The average Bonchev–Trinajstić information content (AvgIpc) is 2.62. The zero-order valence-corrected chi connectivity index (χ0v) is 14.2. The summed E-state index contributed by atoms with van der Waals surface area (Å²) >= 11 is 7.52. The smallest absolute Gasteiger partial charge is 0.255 e. The van der Waals surface area contributed by atoms with Gasteiger partial charge in [-0.25, -0.2) is 4.98 Å². The third-order valence-electron chi connectivity index (χ3n) is 3.23. The van der Waals surface area contributed by atoms with E-state index in [1.165, 1.54) is 17.8 Å². The molecule has 0 spiro atoms. The van der Waals surface area contributed by atoms with Crippen LogP contribution in [0.5, 0.6) is 0 Å². The van der Waals surface area contributed by atoms with Crippen LogP contribution in [0.4, 0.5) is 5.69 Å². The number of anilines is 1. The lowest BCUT2D eigenvalue weighted by atomic mass is 10.2. The number of thioether (sulfide) groups is 1. The van der Waals surface area contributed by atoms with Gasteiger partial charge in [0.05, 0.1) is 0 Å². The number of carbonyl (C=O) groups excluding carboxylic acids is 1. The summed E-state index contributed by atoms with van der Waals surface area (Å²) in [5, 5.41) is 3.14. The van der Waals surface area contributed by atoms with Crippen molar-refractivity contribution >= 4 is 35.0 Å². The molecule has 0 atom stereocenters. The van der Waals surface area contributed by atoms with E-state index < -0.39 is 0 Å². The number of pyridine rings is 2. The zero-order valence-electron chi connectivity index (χ0n) is 12.6. The summed E-state index contributed by atoms with van der Waals surface area (Å²) in [4.78, 5) is 21.2. The largest absolute Gasteiger partial charge is 0.322 e. The lowest BCUT2D eigenvalue weighted by molar-refractivity contribution is 0.102. The Morgan fingerprint density at radius 2 is 1.96 bits per heavy atom. The first-order valence-electron chi connectivity index (χ1n) is 7.25. The average molecular weight is 356 g/mol. The molecule has 2 heterocycles. The predicted molar refractivity (Wildman–Crippen MR) is 97.4 cm³/mol. The molecule has 3 rings (SSSR count). The summed E-state index contributed by atoms with van der Waals surface area (Å²) in [5.74, 6) is 0.643. The van der Waals surface area contributed by atoms with Crippen molar-refractivity contribution in [3.8, 4) is 0 Å². The molecule has 6 heteroatoms. The molecular weight excluding hydrogens is 342 g/mol. The number of hydrogen-bond acceptors (Lipinski definition) is 4. The summed E-state index contributed by atoms with van der Waals surface area (Å²) in [6, 6.07) is 14.9. The number of aromatic nitrogens is 2. The third kappa shape index (κ3) is 4.57. The molecule has 3 aromatic rings. The van der Waals surface area contributed by atoms with E-state index in [9.17, 15) is 4.79 Å². The molecule has 24 heavy (non-hydrogen) atoms. The van der Waals surface area contributed by atoms with E-state index in [1.54, 1.807) is 24.0 Å². The van der Waals surface area contributed by atoms with Crippen LogP contribution < -0.4 is 5.32 Å². The van der Waals surface area contributed by atoms with Crippen molar-refractivity contribution in [1.82, 2.24) is 9.97 Å². The van der Waals surface area contributed by atoms with E-state index in [0.29, 0.717) is 10.7 Å². The summed E-state index contributed by atoms with van der Waals surface area (Å²) in [6.07, 6.45) is 5.14. The number of nitrogens with zero attached hydrogens (tertiary/aromatic N) is 2. The molecule has 0 aliphatic rings. The Morgan fingerprint density at radius 1 is 1.12 bits per heavy atom. The molecule has 1 N–H and O–H groups in total. The molecule has 0 saturated carbocycles. The highest BCUT2D eigenvalue weighted by Crippen LogP contribution is 2.24.